The van der Waals surface area contributed by atoms with Crippen LogP contribution in [-0.4, -0.2) is 39.5 Å². The molecule has 25 heavy (non-hydrogen) atoms. The van der Waals surface area contributed by atoms with Gasteiger partial charge in [0.05, 0.1) is 17.8 Å². The zero-order valence-corrected chi connectivity index (χ0v) is 14.4. The molecule has 8 heteroatoms. The van der Waals surface area contributed by atoms with Crippen molar-refractivity contribution in [1.29, 1.82) is 0 Å². The topological polar surface area (TPSA) is 84.1 Å². The van der Waals surface area contributed by atoms with Gasteiger partial charge in [-0.15, -0.1) is 11.3 Å². The van der Waals surface area contributed by atoms with Crippen LogP contribution in [0.2, 0.25) is 0 Å². The Morgan fingerprint density at radius 1 is 1.44 bits per heavy atom. The van der Waals surface area contributed by atoms with E-state index >= 15 is 0 Å². The number of aromatic nitrogens is 2. The number of imidazole rings is 1. The van der Waals surface area contributed by atoms with E-state index < -0.39 is 12.1 Å². The van der Waals surface area contributed by atoms with Gasteiger partial charge in [-0.2, -0.15) is 0 Å². The van der Waals surface area contributed by atoms with Crippen molar-refractivity contribution in [1.82, 2.24) is 9.38 Å². The number of anilines is 1. The number of hydrogen-bond acceptors (Lipinski definition) is 5. The van der Waals surface area contributed by atoms with Crippen molar-refractivity contribution < 1.29 is 19.4 Å². The highest BCUT2D eigenvalue weighted by atomic mass is 32.1. The first-order chi connectivity index (χ1) is 11.9. The van der Waals surface area contributed by atoms with Crippen molar-refractivity contribution in [2.75, 3.05) is 11.9 Å². The Hall–Kier alpha value is -2.87. The highest BCUT2D eigenvalue weighted by Gasteiger charge is 2.29. The molecule has 3 aromatic rings. The summed E-state index contributed by atoms with van der Waals surface area (Å²) in [6.45, 7) is 1.73. The minimum absolute atomic E-state index is 0.0526. The molecule has 1 aromatic carbocycles. The number of rotatable bonds is 3. The maximum atomic E-state index is 12.1. The lowest BCUT2D eigenvalue weighted by molar-refractivity contribution is -0.136. The minimum Gasteiger partial charge on any atom is -0.481 e. The predicted octanol–water partition coefficient (Wildman–Crippen LogP) is 2.43. The zero-order valence-electron chi connectivity index (χ0n) is 13.6. The number of nitrogens with zero attached hydrogens (tertiary/aromatic N) is 3. The minimum atomic E-state index is -0.880. The number of hydrogen-bond donors (Lipinski definition) is 1. The number of carbonyl (C=O) groups excluding carboxylic acids is 1. The standard InChI is InChI=1S/C17H15N3O4S/c1-9-16(23)19(2)13-5-10(3-4-14(13)24-9)12-7-20-11(6-15(21)22)8-25-17(20)18-12/h3-5,7-9H,6H2,1-2H3,(H,21,22). The first kappa shape index (κ1) is 15.6. The average Bonchev–Trinajstić information content (AvgIpc) is 3.14. The number of amides is 1. The van der Waals surface area contributed by atoms with E-state index in [2.05, 4.69) is 4.98 Å². The van der Waals surface area contributed by atoms with Crippen LogP contribution in [0.5, 0.6) is 5.75 Å². The number of likely N-dealkylation sites (N-methyl/N-ethyl adjacent to an activating group) is 1. The second-order valence-corrected chi connectivity index (χ2v) is 6.75. The highest BCUT2D eigenvalue weighted by Crippen LogP contribution is 2.37. The lowest BCUT2D eigenvalue weighted by Gasteiger charge is -2.30. The van der Waals surface area contributed by atoms with Crippen LogP contribution < -0.4 is 9.64 Å². The molecule has 2 aromatic heterocycles. The van der Waals surface area contributed by atoms with Gasteiger partial charge in [-0.1, -0.05) is 0 Å². The third-order valence-corrected chi connectivity index (χ3v) is 5.10. The summed E-state index contributed by atoms with van der Waals surface area (Å²) in [5.41, 5.74) is 2.95. The van der Waals surface area contributed by atoms with E-state index in [0.717, 1.165) is 16.2 Å². The molecule has 1 N–H and O–H groups in total. The number of thiazole rings is 1. The molecule has 0 saturated heterocycles. The van der Waals surface area contributed by atoms with Crippen molar-refractivity contribution in [3.8, 4) is 17.0 Å². The summed E-state index contributed by atoms with van der Waals surface area (Å²) in [6.07, 6.45) is 1.27. The van der Waals surface area contributed by atoms with Gasteiger partial charge in [0.2, 0.25) is 0 Å². The molecule has 7 nitrogen and oxygen atoms in total. The maximum Gasteiger partial charge on any atom is 0.309 e. The SMILES string of the molecule is CC1Oc2ccc(-c3cn4c(CC(=O)O)csc4n3)cc2N(C)C1=O. The van der Waals surface area contributed by atoms with Gasteiger partial charge < -0.3 is 14.7 Å². The second kappa shape index (κ2) is 5.59. The first-order valence-electron chi connectivity index (χ1n) is 7.70. The molecule has 0 aliphatic carbocycles. The number of carbonyl (C=O) groups is 2. The largest absolute Gasteiger partial charge is 0.481 e. The molecule has 0 bridgehead atoms. The van der Waals surface area contributed by atoms with Crippen molar-refractivity contribution in [2.24, 2.45) is 0 Å². The smallest absolute Gasteiger partial charge is 0.309 e. The van der Waals surface area contributed by atoms with E-state index in [9.17, 15) is 9.59 Å². The lowest BCUT2D eigenvalue weighted by atomic mass is 10.1. The first-order valence-corrected chi connectivity index (χ1v) is 8.58. The van der Waals surface area contributed by atoms with Crippen molar-refractivity contribution in [3.05, 3.63) is 35.5 Å². The van der Waals surface area contributed by atoms with Gasteiger partial charge >= 0.3 is 5.97 Å². The van der Waals surface area contributed by atoms with Crippen LogP contribution in [0.3, 0.4) is 0 Å². The van der Waals surface area contributed by atoms with Gasteiger partial charge in [0, 0.05) is 29.9 Å². The summed E-state index contributed by atoms with van der Waals surface area (Å²) < 4.78 is 7.42. The molecule has 1 aliphatic heterocycles. The van der Waals surface area contributed by atoms with Gasteiger partial charge in [0.1, 0.15) is 5.75 Å². The molecule has 1 amide bonds. The molecule has 0 radical (unpaired) electrons. The number of fused-ring (bicyclic) bond motifs is 2. The Labute approximate surface area is 147 Å². The van der Waals surface area contributed by atoms with Gasteiger partial charge in [0.25, 0.3) is 5.91 Å². The zero-order chi connectivity index (χ0) is 17.7. The third kappa shape index (κ3) is 2.54. The lowest BCUT2D eigenvalue weighted by Crippen LogP contribution is -2.41. The molecule has 1 unspecified atom stereocenters. The average molecular weight is 357 g/mol. The predicted molar refractivity (Wildman–Crippen MR) is 93.3 cm³/mol. The Bertz CT molecular complexity index is 1010. The molecule has 3 heterocycles. The summed E-state index contributed by atoms with van der Waals surface area (Å²) >= 11 is 1.40. The maximum absolute atomic E-state index is 12.1. The van der Waals surface area contributed by atoms with E-state index in [1.807, 2.05) is 24.4 Å². The van der Waals surface area contributed by atoms with Crippen molar-refractivity contribution >= 4 is 33.9 Å². The Morgan fingerprint density at radius 3 is 3.00 bits per heavy atom. The Morgan fingerprint density at radius 2 is 2.24 bits per heavy atom. The fraction of sp³-hybridized carbons (Fsp3) is 0.235. The van der Waals surface area contributed by atoms with Crippen LogP contribution in [0.15, 0.2) is 29.8 Å². The van der Waals surface area contributed by atoms with Gasteiger partial charge in [-0.05, 0) is 25.1 Å². The van der Waals surface area contributed by atoms with Crippen molar-refractivity contribution in [2.45, 2.75) is 19.4 Å². The fourth-order valence-corrected chi connectivity index (χ4v) is 3.79. The van der Waals surface area contributed by atoms with Crippen LogP contribution in [-0.2, 0) is 16.0 Å². The summed E-state index contributed by atoms with van der Waals surface area (Å²) in [5.74, 6) is -0.319. The van der Waals surface area contributed by atoms with Gasteiger partial charge in [0.15, 0.2) is 11.1 Å². The van der Waals surface area contributed by atoms with Crippen LogP contribution in [0.25, 0.3) is 16.2 Å². The normalized spacial score (nSPS) is 16.8. The number of aliphatic carboxylic acids is 1. The van der Waals surface area contributed by atoms with Crippen LogP contribution >= 0.6 is 11.3 Å². The third-order valence-electron chi connectivity index (χ3n) is 4.21. The summed E-state index contributed by atoms with van der Waals surface area (Å²) in [6, 6.07) is 5.58. The van der Waals surface area contributed by atoms with E-state index in [4.69, 9.17) is 9.84 Å². The molecular formula is C17H15N3O4S. The van der Waals surface area contributed by atoms with Crippen molar-refractivity contribution in [3.63, 3.8) is 0 Å². The molecule has 1 atom stereocenters. The van der Waals surface area contributed by atoms with E-state index in [0.29, 0.717) is 17.1 Å². The fourth-order valence-electron chi connectivity index (χ4n) is 2.92. The summed E-state index contributed by atoms with van der Waals surface area (Å²) in [5, 5.41) is 10.8. The van der Waals surface area contributed by atoms with E-state index in [1.165, 1.54) is 11.3 Å². The van der Waals surface area contributed by atoms with Crippen LogP contribution in [0.4, 0.5) is 5.69 Å². The number of benzene rings is 1. The van der Waals surface area contributed by atoms with Gasteiger partial charge in [-0.3, -0.25) is 14.0 Å². The van der Waals surface area contributed by atoms with E-state index in [-0.39, 0.29) is 12.3 Å². The van der Waals surface area contributed by atoms with E-state index in [1.54, 1.807) is 28.7 Å². The molecule has 0 fully saturated rings. The van der Waals surface area contributed by atoms with Crippen LogP contribution in [0.1, 0.15) is 12.6 Å². The Balaban J connectivity index is 1.76. The number of carboxylic acid groups (broad SMARTS) is 1. The van der Waals surface area contributed by atoms with Gasteiger partial charge in [-0.25, -0.2) is 4.98 Å². The van der Waals surface area contributed by atoms with Crippen LogP contribution in [0, 0.1) is 0 Å². The summed E-state index contributed by atoms with van der Waals surface area (Å²) in [7, 11) is 1.72. The molecule has 4 rings (SSSR count). The number of ether oxygens (including phenoxy) is 1. The molecule has 0 spiro atoms. The molecule has 128 valence electrons. The highest BCUT2D eigenvalue weighted by molar-refractivity contribution is 7.15. The summed E-state index contributed by atoms with van der Waals surface area (Å²) in [4.78, 5) is 30.0. The Kier molecular flexibility index (Phi) is 3.50. The molecular weight excluding hydrogens is 342 g/mol. The quantitative estimate of drug-likeness (QED) is 0.778. The number of carboxylic acids is 1. The monoisotopic (exact) mass is 357 g/mol. The second-order valence-electron chi connectivity index (χ2n) is 5.92. The molecule has 0 saturated carbocycles. The molecule has 1 aliphatic rings.